The molecule has 1 N–H and O–H groups in total. The maximum absolute atomic E-state index is 12.7. The Kier molecular flexibility index (Phi) is 7.50. The molecule has 0 aromatic heterocycles. The molecule has 0 aliphatic carbocycles. The number of thioether (sulfide) groups is 1. The Morgan fingerprint density at radius 2 is 2.10 bits per heavy atom. The van der Waals surface area contributed by atoms with E-state index in [0.29, 0.717) is 6.54 Å². The molecular formula is C14H23ClN2O2S2. The van der Waals surface area contributed by atoms with Crippen molar-refractivity contribution in [1.29, 1.82) is 0 Å². The van der Waals surface area contributed by atoms with Crippen LogP contribution in [0.4, 0.5) is 0 Å². The Balaban J connectivity index is 3.08. The van der Waals surface area contributed by atoms with Gasteiger partial charge in [-0.2, -0.15) is 16.1 Å². The summed E-state index contributed by atoms with van der Waals surface area (Å²) in [5.74, 6) is 0.925. The number of nitrogens with one attached hydrogen (secondary N) is 1. The average Bonchev–Trinajstić information content (AvgIpc) is 2.45. The molecule has 4 nitrogen and oxygen atoms in total. The molecule has 1 unspecified atom stereocenters. The number of hydrogen-bond acceptors (Lipinski definition) is 4. The van der Waals surface area contributed by atoms with Gasteiger partial charge in [-0.1, -0.05) is 17.7 Å². The van der Waals surface area contributed by atoms with Gasteiger partial charge in [-0.05, 0) is 50.1 Å². The van der Waals surface area contributed by atoms with Gasteiger partial charge in [0.05, 0.1) is 5.02 Å². The molecule has 0 fully saturated rings. The average molecular weight is 351 g/mol. The first-order valence-electron chi connectivity index (χ1n) is 6.74. The molecule has 0 radical (unpaired) electrons. The van der Waals surface area contributed by atoms with Crippen molar-refractivity contribution in [3.63, 3.8) is 0 Å². The topological polar surface area (TPSA) is 49.4 Å². The van der Waals surface area contributed by atoms with E-state index in [1.54, 1.807) is 30.9 Å². The first kappa shape index (κ1) is 18.8. The van der Waals surface area contributed by atoms with E-state index in [0.717, 1.165) is 17.7 Å². The first-order valence-corrected chi connectivity index (χ1v) is 9.95. The maximum Gasteiger partial charge on any atom is 0.244 e. The lowest BCUT2D eigenvalue weighted by Gasteiger charge is -2.24. The van der Waals surface area contributed by atoms with E-state index in [1.165, 1.54) is 4.31 Å². The van der Waals surface area contributed by atoms with Gasteiger partial charge in [0.2, 0.25) is 10.0 Å². The van der Waals surface area contributed by atoms with Crippen molar-refractivity contribution in [3.8, 4) is 0 Å². The molecule has 0 saturated heterocycles. The molecule has 7 heteroatoms. The molecule has 21 heavy (non-hydrogen) atoms. The summed E-state index contributed by atoms with van der Waals surface area (Å²) in [6, 6.07) is 5.05. The SMILES string of the molecule is CNCc1ccc(Cl)c(S(=O)(=O)N(C)C(C)CCSC)c1. The minimum Gasteiger partial charge on any atom is -0.316 e. The normalized spacial score (nSPS) is 13.6. The van der Waals surface area contributed by atoms with Crippen molar-refractivity contribution in [2.75, 3.05) is 26.1 Å². The van der Waals surface area contributed by atoms with E-state index >= 15 is 0 Å². The Morgan fingerprint density at radius 1 is 1.43 bits per heavy atom. The van der Waals surface area contributed by atoms with E-state index in [2.05, 4.69) is 5.32 Å². The summed E-state index contributed by atoms with van der Waals surface area (Å²) < 4.78 is 26.9. The Labute approximate surface area is 137 Å². The standard InChI is InChI=1S/C14H23ClN2O2S2/c1-11(7-8-20-4)17(3)21(18,19)14-9-12(10-16-2)5-6-13(14)15/h5-6,9,11,16H,7-8,10H2,1-4H3. The number of sulfonamides is 1. The molecule has 0 spiro atoms. The van der Waals surface area contributed by atoms with Crippen LogP contribution in [0.5, 0.6) is 0 Å². The second kappa shape index (κ2) is 8.39. The van der Waals surface area contributed by atoms with Crippen LogP contribution in [0.3, 0.4) is 0 Å². The van der Waals surface area contributed by atoms with Crippen molar-refractivity contribution in [3.05, 3.63) is 28.8 Å². The van der Waals surface area contributed by atoms with Gasteiger partial charge in [-0.15, -0.1) is 0 Å². The second-order valence-corrected chi connectivity index (χ2v) is 8.31. The van der Waals surface area contributed by atoms with E-state index in [9.17, 15) is 8.42 Å². The summed E-state index contributed by atoms with van der Waals surface area (Å²) in [5, 5.41) is 3.27. The summed E-state index contributed by atoms with van der Waals surface area (Å²) >= 11 is 7.81. The lowest BCUT2D eigenvalue weighted by Crippen LogP contribution is -2.35. The fraction of sp³-hybridized carbons (Fsp3) is 0.571. The van der Waals surface area contributed by atoms with E-state index in [4.69, 9.17) is 11.6 Å². The smallest absolute Gasteiger partial charge is 0.244 e. The molecule has 0 aliphatic heterocycles. The third kappa shape index (κ3) is 4.86. The molecule has 1 atom stereocenters. The van der Waals surface area contributed by atoms with Crippen molar-refractivity contribution < 1.29 is 8.42 Å². The van der Waals surface area contributed by atoms with Crippen molar-refractivity contribution in [2.24, 2.45) is 0 Å². The Hall–Kier alpha value is -0.270. The fourth-order valence-electron chi connectivity index (χ4n) is 1.92. The molecule has 1 rings (SSSR count). The quantitative estimate of drug-likeness (QED) is 0.783. The van der Waals surface area contributed by atoms with Gasteiger partial charge in [0.25, 0.3) is 0 Å². The van der Waals surface area contributed by atoms with Crippen molar-refractivity contribution >= 4 is 33.4 Å². The molecular weight excluding hydrogens is 328 g/mol. The van der Waals surface area contributed by atoms with Gasteiger partial charge < -0.3 is 5.32 Å². The van der Waals surface area contributed by atoms with Crippen molar-refractivity contribution in [1.82, 2.24) is 9.62 Å². The molecule has 120 valence electrons. The summed E-state index contributed by atoms with van der Waals surface area (Å²) in [6.07, 6.45) is 2.82. The third-order valence-electron chi connectivity index (χ3n) is 3.39. The van der Waals surface area contributed by atoms with E-state index in [1.807, 2.05) is 26.3 Å². The van der Waals surface area contributed by atoms with Gasteiger partial charge in [-0.25, -0.2) is 8.42 Å². The summed E-state index contributed by atoms with van der Waals surface area (Å²) in [5.41, 5.74) is 0.894. The summed E-state index contributed by atoms with van der Waals surface area (Å²) in [4.78, 5) is 0.176. The zero-order valence-electron chi connectivity index (χ0n) is 12.9. The van der Waals surface area contributed by atoms with Crippen LogP contribution in [0.2, 0.25) is 5.02 Å². The minimum absolute atomic E-state index is 0.0635. The second-order valence-electron chi connectivity index (χ2n) is 4.95. The van der Waals surface area contributed by atoms with Crippen LogP contribution < -0.4 is 5.32 Å². The molecule has 0 heterocycles. The fourth-order valence-corrected chi connectivity index (χ4v) is 4.41. The molecule has 1 aromatic carbocycles. The van der Waals surface area contributed by atoms with Crippen LogP contribution in [0.25, 0.3) is 0 Å². The largest absolute Gasteiger partial charge is 0.316 e. The van der Waals surface area contributed by atoms with Gasteiger partial charge in [0.1, 0.15) is 4.90 Å². The van der Waals surface area contributed by atoms with Crippen LogP contribution in [-0.4, -0.2) is 44.9 Å². The minimum atomic E-state index is -3.58. The van der Waals surface area contributed by atoms with Crippen LogP contribution in [0, 0.1) is 0 Å². The predicted octanol–water partition coefficient (Wildman–Crippen LogP) is 2.82. The van der Waals surface area contributed by atoms with Gasteiger partial charge in [0.15, 0.2) is 0 Å². The predicted molar refractivity (Wildman–Crippen MR) is 91.6 cm³/mol. The first-order chi connectivity index (χ1) is 9.84. The van der Waals surface area contributed by atoms with Gasteiger partial charge >= 0.3 is 0 Å². The maximum atomic E-state index is 12.7. The number of halogens is 1. The lowest BCUT2D eigenvalue weighted by atomic mass is 10.2. The number of rotatable bonds is 8. The Morgan fingerprint density at radius 3 is 2.67 bits per heavy atom. The number of nitrogens with zero attached hydrogens (tertiary/aromatic N) is 1. The van der Waals surface area contributed by atoms with Crippen LogP contribution >= 0.6 is 23.4 Å². The molecule has 0 saturated carbocycles. The monoisotopic (exact) mass is 350 g/mol. The molecule has 0 aliphatic rings. The van der Waals surface area contributed by atoms with Crippen LogP contribution in [0.1, 0.15) is 18.9 Å². The highest BCUT2D eigenvalue weighted by Gasteiger charge is 2.27. The summed E-state index contributed by atoms with van der Waals surface area (Å²) in [7, 11) is -0.144. The Bertz CT molecular complexity index is 564. The molecule has 0 amide bonds. The highest BCUT2D eigenvalue weighted by molar-refractivity contribution is 7.98. The van der Waals surface area contributed by atoms with Crippen molar-refractivity contribution in [2.45, 2.75) is 30.8 Å². The lowest BCUT2D eigenvalue weighted by molar-refractivity contribution is 0.382. The van der Waals surface area contributed by atoms with E-state index < -0.39 is 10.0 Å². The number of benzene rings is 1. The highest BCUT2D eigenvalue weighted by atomic mass is 35.5. The number of hydrogen-bond donors (Lipinski definition) is 1. The molecule has 1 aromatic rings. The zero-order chi connectivity index (χ0) is 16.0. The van der Waals surface area contributed by atoms with Crippen LogP contribution in [-0.2, 0) is 16.6 Å². The third-order valence-corrected chi connectivity index (χ3v) is 6.49. The van der Waals surface area contributed by atoms with Gasteiger partial charge in [0, 0.05) is 19.6 Å². The van der Waals surface area contributed by atoms with Gasteiger partial charge in [-0.3, -0.25) is 0 Å². The zero-order valence-corrected chi connectivity index (χ0v) is 15.3. The van der Waals surface area contributed by atoms with E-state index in [-0.39, 0.29) is 16.0 Å². The van der Waals surface area contributed by atoms with Crippen LogP contribution in [0.15, 0.2) is 23.1 Å². The highest BCUT2D eigenvalue weighted by Crippen LogP contribution is 2.27. The summed E-state index contributed by atoms with van der Waals surface area (Å²) in [6.45, 7) is 2.52. The molecule has 0 bridgehead atoms.